The number of aromatic nitrogens is 1. The Morgan fingerprint density at radius 2 is 0.867 bits per heavy atom. The minimum absolute atomic E-state index is 0.877. The van der Waals surface area contributed by atoms with Crippen LogP contribution in [0.2, 0.25) is 0 Å². The van der Waals surface area contributed by atoms with Crippen LogP contribution in [0.5, 0.6) is 0 Å². The van der Waals surface area contributed by atoms with Gasteiger partial charge in [0.25, 0.3) is 0 Å². The predicted octanol–water partition coefficient (Wildman–Crippen LogP) is 20.3. The Balaban J connectivity index is 0.893. The van der Waals surface area contributed by atoms with E-state index in [0.29, 0.717) is 0 Å². The molecule has 0 atom stereocenters. The highest BCUT2D eigenvalue weighted by atomic mass is 16.3. The first-order valence-corrected chi connectivity index (χ1v) is 25.7. The third-order valence-electron chi connectivity index (χ3n) is 15.3. The number of benzene rings is 13. The van der Waals surface area contributed by atoms with Crippen LogP contribution < -0.4 is 4.90 Å². The summed E-state index contributed by atoms with van der Waals surface area (Å²) in [5, 5.41) is 12.0. The van der Waals surface area contributed by atoms with Crippen LogP contribution in [-0.4, -0.2) is 4.57 Å². The van der Waals surface area contributed by atoms with E-state index >= 15 is 0 Å². The molecule has 0 N–H and O–H groups in total. The molecule has 3 heteroatoms. The van der Waals surface area contributed by atoms with Crippen molar-refractivity contribution in [1.29, 1.82) is 0 Å². The van der Waals surface area contributed by atoms with E-state index in [4.69, 9.17) is 4.42 Å². The zero-order chi connectivity index (χ0) is 49.4. The quantitative estimate of drug-likeness (QED) is 0.142. The number of para-hydroxylation sites is 2. The normalized spacial score (nSPS) is 11.7. The molecule has 0 aliphatic carbocycles. The molecule has 350 valence electrons. The minimum Gasteiger partial charge on any atom is -0.455 e. The van der Waals surface area contributed by atoms with Crippen molar-refractivity contribution >= 4 is 93.1 Å². The van der Waals surface area contributed by atoms with Gasteiger partial charge in [0, 0.05) is 49.6 Å². The topological polar surface area (TPSA) is 21.3 Å². The number of nitrogens with zero attached hydrogens (tertiary/aromatic N) is 2. The van der Waals surface area contributed by atoms with Crippen molar-refractivity contribution in [1.82, 2.24) is 4.57 Å². The van der Waals surface area contributed by atoms with Gasteiger partial charge >= 0.3 is 0 Å². The van der Waals surface area contributed by atoms with Crippen molar-refractivity contribution in [2.24, 2.45) is 0 Å². The standard InChI is InChI=1S/C72H46N2O/c1-2-16-48(17-3-1)67-45-54(66-44-53-19-5-6-24-58(53)60-26-8-9-27-61(60)66)36-41-70(67)73(56-22-15-21-51(43-56)52-35-39-64-65-40-34-49-18-4-7-25-59(49)72(65)75-71(64)46-52)55-37-32-47(33-38-55)50-20-14-23-57(42-50)74-68-30-12-10-28-62(68)63-29-11-13-31-69(63)74/h1-46H. The van der Waals surface area contributed by atoms with E-state index in [9.17, 15) is 0 Å². The summed E-state index contributed by atoms with van der Waals surface area (Å²) < 4.78 is 9.10. The molecule has 75 heavy (non-hydrogen) atoms. The Kier molecular flexibility index (Phi) is 9.89. The number of anilines is 3. The summed E-state index contributed by atoms with van der Waals surface area (Å²) in [6.07, 6.45) is 0. The van der Waals surface area contributed by atoms with Crippen molar-refractivity contribution in [2.75, 3.05) is 4.90 Å². The van der Waals surface area contributed by atoms with Gasteiger partial charge in [0.05, 0.1) is 16.7 Å². The van der Waals surface area contributed by atoms with Gasteiger partial charge in [0.15, 0.2) is 0 Å². The number of rotatable bonds is 8. The van der Waals surface area contributed by atoms with Gasteiger partial charge in [0.2, 0.25) is 0 Å². The average molecular weight is 955 g/mol. The molecule has 0 unspecified atom stereocenters. The lowest BCUT2D eigenvalue weighted by Crippen LogP contribution is -2.11. The van der Waals surface area contributed by atoms with E-state index in [1.165, 1.54) is 59.9 Å². The van der Waals surface area contributed by atoms with Crippen LogP contribution in [0.1, 0.15) is 0 Å². The molecule has 0 saturated carbocycles. The van der Waals surface area contributed by atoms with Crippen molar-refractivity contribution in [3.63, 3.8) is 0 Å². The summed E-state index contributed by atoms with van der Waals surface area (Å²) in [7, 11) is 0. The second-order valence-electron chi connectivity index (χ2n) is 19.6. The number of hydrogen-bond donors (Lipinski definition) is 0. The summed E-state index contributed by atoms with van der Waals surface area (Å²) >= 11 is 0. The largest absolute Gasteiger partial charge is 0.455 e. The van der Waals surface area contributed by atoms with Gasteiger partial charge in [-0.15, -0.1) is 0 Å². The van der Waals surface area contributed by atoms with E-state index in [2.05, 4.69) is 289 Å². The Labute approximate surface area is 434 Å². The number of furan rings is 1. The SMILES string of the molecule is c1ccc(-c2cc(-c3cc4ccccc4c4ccccc34)ccc2N(c2ccc(-c3cccc(-n4c5ccccc5c5ccccc54)c3)cc2)c2cccc(-c3ccc4c(c3)oc3c5ccccc5ccc43)c2)cc1. The average Bonchev–Trinajstić information content (AvgIpc) is 4.06. The zero-order valence-corrected chi connectivity index (χ0v) is 40.9. The Bertz CT molecular complexity index is 4660. The lowest BCUT2D eigenvalue weighted by Gasteiger charge is -2.29. The highest BCUT2D eigenvalue weighted by Gasteiger charge is 2.21. The van der Waals surface area contributed by atoms with Crippen LogP contribution in [0.25, 0.3) is 126 Å². The summed E-state index contributed by atoms with van der Waals surface area (Å²) in [5.74, 6) is 0. The fourth-order valence-electron chi connectivity index (χ4n) is 11.8. The van der Waals surface area contributed by atoms with E-state index in [1.54, 1.807) is 0 Å². The van der Waals surface area contributed by atoms with E-state index in [0.717, 1.165) is 83.5 Å². The monoisotopic (exact) mass is 954 g/mol. The maximum Gasteiger partial charge on any atom is 0.143 e. The lowest BCUT2D eigenvalue weighted by atomic mass is 9.91. The van der Waals surface area contributed by atoms with Crippen molar-refractivity contribution in [3.8, 4) is 50.2 Å². The summed E-state index contributed by atoms with van der Waals surface area (Å²) in [5.41, 5.74) is 17.6. The molecule has 3 nitrogen and oxygen atoms in total. The lowest BCUT2D eigenvalue weighted by molar-refractivity contribution is 0.673. The van der Waals surface area contributed by atoms with E-state index < -0.39 is 0 Å². The molecule has 2 aromatic heterocycles. The molecule has 15 rings (SSSR count). The summed E-state index contributed by atoms with van der Waals surface area (Å²) in [4.78, 5) is 2.43. The Hall–Kier alpha value is -9.96. The van der Waals surface area contributed by atoms with Gasteiger partial charge in [0.1, 0.15) is 11.2 Å². The predicted molar refractivity (Wildman–Crippen MR) is 317 cm³/mol. The molecule has 0 saturated heterocycles. The van der Waals surface area contributed by atoms with Crippen molar-refractivity contribution in [3.05, 3.63) is 279 Å². The molecule has 0 amide bonds. The third-order valence-corrected chi connectivity index (χ3v) is 15.3. The molecular weight excluding hydrogens is 909 g/mol. The van der Waals surface area contributed by atoms with Gasteiger partial charge in [-0.3, -0.25) is 0 Å². The van der Waals surface area contributed by atoms with Crippen LogP contribution >= 0.6 is 0 Å². The van der Waals surface area contributed by atoms with Gasteiger partial charge in [-0.05, 0) is 151 Å². The minimum atomic E-state index is 0.877. The highest BCUT2D eigenvalue weighted by Crippen LogP contribution is 2.46. The van der Waals surface area contributed by atoms with E-state index in [1.807, 2.05) is 0 Å². The molecule has 0 bridgehead atoms. The fourth-order valence-corrected chi connectivity index (χ4v) is 11.8. The molecule has 0 aliphatic rings. The molecule has 2 heterocycles. The fraction of sp³-hybridized carbons (Fsp3) is 0. The summed E-state index contributed by atoms with van der Waals surface area (Å²) in [6.45, 7) is 0. The first-order valence-electron chi connectivity index (χ1n) is 25.7. The van der Waals surface area contributed by atoms with Gasteiger partial charge in [-0.25, -0.2) is 0 Å². The van der Waals surface area contributed by atoms with Gasteiger partial charge in [-0.1, -0.05) is 194 Å². The van der Waals surface area contributed by atoms with Crippen molar-refractivity contribution in [2.45, 2.75) is 0 Å². The van der Waals surface area contributed by atoms with Gasteiger partial charge in [-0.2, -0.15) is 0 Å². The smallest absolute Gasteiger partial charge is 0.143 e. The molecule has 0 fully saturated rings. The second-order valence-corrected chi connectivity index (χ2v) is 19.6. The molecule has 0 aliphatic heterocycles. The first-order chi connectivity index (χ1) is 37.2. The maximum atomic E-state index is 6.71. The van der Waals surface area contributed by atoms with Crippen LogP contribution in [0, 0.1) is 0 Å². The van der Waals surface area contributed by atoms with Crippen LogP contribution in [0.4, 0.5) is 17.1 Å². The van der Waals surface area contributed by atoms with Crippen LogP contribution in [-0.2, 0) is 0 Å². The Morgan fingerprint density at radius 1 is 0.280 bits per heavy atom. The van der Waals surface area contributed by atoms with Crippen molar-refractivity contribution < 1.29 is 4.42 Å². The Morgan fingerprint density at radius 3 is 1.65 bits per heavy atom. The van der Waals surface area contributed by atoms with Crippen LogP contribution in [0.3, 0.4) is 0 Å². The molecule has 0 spiro atoms. The maximum absolute atomic E-state index is 6.71. The van der Waals surface area contributed by atoms with Gasteiger partial charge < -0.3 is 13.9 Å². The number of fused-ring (bicyclic) bond motifs is 11. The summed E-state index contributed by atoms with van der Waals surface area (Å²) in [6, 6.07) is 102. The molecular formula is C72H46N2O. The first kappa shape index (κ1) is 42.7. The van der Waals surface area contributed by atoms with E-state index in [-0.39, 0.29) is 0 Å². The molecule has 13 aromatic carbocycles. The third kappa shape index (κ3) is 7.12. The highest BCUT2D eigenvalue weighted by molar-refractivity contribution is 6.16. The van der Waals surface area contributed by atoms with Crippen LogP contribution in [0.15, 0.2) is 283 Å². The molecule has 15 aromatic rings. The zero-order valence-electron chi connectivity index (χ0n) is 40.9. The second kappa shape index (κ2) is 17.4. The number of hydrogen-bond acceptors (Lipinski definition) is 2. The molecule has 0 radical (unpaired) electrons.